The maximum Gasteiger partial charge on any atom is 0.220 e. The Balaban J connectivity index is 1.55. The molecule has 0 aliphatic carbocycles. The van der Waals surface area contributed by atoms with E-state index in [-0.39, 0.29) is 11.9 Å². The number of amides is 1. The summed E-state index contributed by atoms with van der Waals surface area (Å²) in [4.78, 5) is 11.1. The lowest BCUT2D eigenvalue weighted by Gasteiger charge is -2.12. The molecule has 1 saturated heterocycles. The highest BCUT2D eigenvalue weighted by Crippen LogP contribution is 2.27. The van der Waals surface area contributed by atoms with Crippen molar-refractivity contribution in [3.8, 4) is 11.1 Å². The van der Waals surface area contributed by atoms with Gasteiger partial charge in [0, 0.05) is 12.1 Å². The van der Waals surface area contributed by atoms with Crippen molar-refractivity contribution in [1.82, 2.24) is 5.32 Å². The summed E-state index contributed by atoms with van der Waals surface area (Å²) < 4.78 is 8.74. The van der Waals surface area contributed by atoms with E-state index in [0.29, 0.717) is 13.0 Å². The summed E-state index contributed by atoms with van der Waals surface area (Å²) in [5.41, 5.74) is 4.64. The number of hydrogen-bond donors (Lipinski definition) is 2. The smallest absolute Gasteiger partial charge is 0.220 e. The summed E-state index contributed by atoms with van der Waals surface area (Å²) in [5, 5.41) is 2.89. The Morgan fingerprint density at radius 1 is 1.26 bits per heavy atom. The quantitative estimate of drug-likeness (QED) is 0.479. The maximum absolute atomic E-state index is 11.1. The van der Waals surface area contributed by atoms with Crippen molar-refractivity contribution in [3.63, 3.8) is 0 Å². The number of aryl methyl sites for hydroxylation is 1. The lowest BCUT2D eigenvalue weighted by Crippen LogP contribution is -2.28. The molecule has 0 spiro atoms. The fourth-order valence-electron chi connectivity index (χ4n) is 2.61. The van der Waals surface area contributed by atoms with Crippen LogP contribution in [0.25, 0.3) is 11.1 Å². The van der Waals surface area contributed by atoms with E-state index < -0.39 is 0 Å². The summed E-state index contributed by atoms with van der Waals surface area (Å²) in [6, 6.07) is 16.7. The van der Waals surface area contributed by atoms with Gasteiger partial charge in [0.05, 0.1) is 12.6 Å². The van der Waals surface area contributed by atoms with Gasteiger partial charge in [0.1, 0.15) is 12.2 Å². The first kappa shape index (κ1) is 15.9. The Bertz CT molecular complexity index is 676. The van der Waals surface area contributed by atoms with Crippen molar-refractivity contribution in [3.05, 3.63) is 54.1 Å². The van der Waals surface area contributed by atoms with Crippen LogP contribution in [0.4, 0.5) is 5.69 Å². The maximum atomic E-state index is 11.1. The zero-order chi connectivity index (χ0) is 16.1. The van der Waals surface area contributed by atoms with E-state index in [9.17, 15) is 4.79 Å². The first-order chi connectivity index (χ1) is 11.2. The molecule has 120 valence electrons. The van der Waals surface area contributed by atoms with Gasteiger partial charge in [-0.25, -0.2) is 0 Å². The van der Waals surface area contributed by atoms with Gasteiger partial charge in [-0.15, -0.1) is 0 Å². The van der Waals surface area contributed by atoms with Gasteiger partial charge in [-0.05, 0) is 42.2 Å². The van der Waals surface area contributed by atoms with Crippen LogP contribution in [0.2, 0.25) is 0 Å². The van der Waals surface area contributed by atoms with E-state index in [0.717, 1.165) is 12.1 Å². The molecule has 2 N–H and O–H groups in total. The second-order valence-electron chi connectivity index (χ2n) is 5.67. The van der Waals surface area contributed by atoms with Crippen molar-refractivity contribution >= 4 is 23.8 Å². The van der Waals surface area contributed by atoms with Crippen LogP contribution in [-0.4, -0.2) is 18.6 Å². The summed E-state index contributed by atoms with van der Waals surface area (Å²) in [6.45, 7) is 2.62. The first-order valence-electron chi connectivity index (χ1n) is 7.72. The molecule has 1 aliphatic rings. The highest BCUT2D eigenvalue weighted by Gasteiger charge is 2.20. The lowest BCUT2D eigenvalue weighted by atomic mass is 10.0. The van der Waals surface area contributed by atoms with Crippen molar-refractivity contribution in [1.29, 1.82) is 0 Å². The monoisotopic (exact) mass is 328 g/mol. The minimum absolute atomic E-state index is 0.114. The van der Waals surface area contributed by atoms with Gasteiger partial charge in [0.15, 0.2) is 0 Å². The Hall–Kier alpha value is -1.98. The molecule has 1 aliphatic heterocycles. The third-order valence-electron chi connectivity index (χ3n) is 3.90. The van der Waals surface area contributed by atoms with Gasteiger partial charge in [-0.3, -0.25) is 8.98 Å². The molecule has 0 radical (unpaired) electrons. The molecule has 0 bridgehead atoms. The van der Waals surface area contributed by atoms with Crippen LogP contribution in [0.5, 0.6) is 0 Å². The minimum atomic E-state index is 0.114. The molecule has 1 unspecified atom stereocenters. The number of carbonyl (C=O) groups is 1. The second-order valence-corrected chi connectivity index (χ2v) is 6.28. The highest BCUT2D eigenvalue weighted by atomic mass is 32.2. The van der Waals surface area contributed by atoms with Crippen LogP contribution in [0.1, 0.15) is 18.4 Å². The first-order valence-corrected chi connectivity index (χ1v) is 8.46. The molecule has 2 aromatic carbocycles. The molecule has 1 amide bonds. The lowest BCUT2D eigenvalue weighted by molar-refractivity contribution is -0.119. The van der Waals surface area contributed by atoms with Crippen LogP contribution in [0.15, 0.2) is 48.5 Å². The molecular formula is C18H20N2O2S. The third kappa shape index (κ3) is 4.27. The Kier molecular flexibility index (Phi) is 5.20. The van der Waals surface area contributed by atoms with Gasteiger partial charge in [-0.2, -0.15) is 0 Å². The summed E-state index contributed by atoms with van der Waals surface area (Å²) in [5.74, 6) is 0.114. The third-order valence-corrected chi connectivity index (χ3v) is 4.47. The molecule has 23 heavy (non-hydrogen) atoms. The van der Waals surface area contributed by atoms with E-state index >= 15 is 0 Å². The molecule has 2 aromatic rings. The fraction of sp³-hybridized carbons (Fsp3) is 0.278. The number of benzene rings is 2. The fourth-order valence-corrected chi connectivity index (χ4v) is 3.12. The van der Waals surface area contributed by atoms with Crippen molar-refractivity contribution < 1.29 is 8.98 Å². The van der Waals surface area contributed by atoms with Crippen LogP contribution < -0.4 is 10.0 Å². The molecular weight excluding hydrogens is 308 g/mol. The van der Waals surface area contributed by atoms with Gasteiger partial charge in [-0.1, -0.05) is 36.4 Å². The van der Waals surface area contributed by atoms with Crippen molar-refractivity contribution in [2.75, 3.05) is 11.3 Å². The van der Waals surface area contributed by atoms with Gasteiger partial charge in [0.2, 0.25) is 5.91 Å². The van der Waals surface area contributed by atoms with E-state index in [4.69, 9.17) is 4.18 Å². The zero-order valence-electron chi connectivity index (χ0n) is 13.0. The van der Waals surface area contributed by atoms with Crippen LogP contribution in [0, 0.1) is 6.92 Å². The molecule has 1 atom stereocenters. The van der Waals surface area contributed by atoms with Gasteiger partial charge >= 0.3 is 0 Å². The largest absolute Gasteiger partial charge is 0.351 e. The summed E-state index contributed by atoms with van der Waals surface area (Å²) >= 11 is 1.20. The summed E-state index contributed by atoms with van der Waals surface area (Å²) in [7, 11) is 0. The van der Waals surface area contributed by atoms with E-state index in [2.05, 4.69) is 41.2 Å². The van der Waals surface area contributed by atoms with E-state index in [1.807, 2.05) is 24.3 Å². The molecule has 0 saturated carbocycles. The van der Waals surface area contributed by atoms with E-state index in [1.54, 1.807) is 0 Å². The average Bonchev–Trinajstić information content (AvgIpc) is 2.99. The van der Waals surface area contributed by atoms with Crippen molar-refractivity contribution in [2.24, 2.45) is 0 Å². The molecule has 1 heterocycles. The molecule has 3 rings (SSSR count). The predicted molar refractivity (Wildman–Crippen MR) is 94.9 cm³/mol. The Morgan fingerprint density at radius 2 is 2.09 bits per heavy atom. The zero-order valence-corrected chi connectivity index (χ0v) is 13.9. The van der Waals surface area contributed by atoms with Crippen LogP contribution in [0.3, 0.4) is 0 Å². The minimum Gasteiger partial charge on any atom is -0.351 e. The van der Waals surface area contributed by atoms with E-state index in [1.165, 1.54) is 28.9 Å². The molecule has 5 heteroatoms. The number of hydrogen-bond acceptors (Lipinski definition) is 4. The Morgan fingerprint density at radius 3 is 2.83 bits per heavy atom. The number of nitrogens with one attached hydrogen (secondary N) is 2. The summed E-state index contributed by atoms with van der Waals surface area (Å²) in [6.07, 6.45) is 1.45. The van der Waals surface area contributed by atoms with Gasteiger partial charge in [0.25, 0.3) is 0 Å². The van der Waals surface area contributed by atoms with Crippen LogP contribution in [-0.2, 0) is 8.98 Å². The highest BCUT2D eigenvalue weighted by molar-refractivity contribution is 7.96. The average molecular weight is 328 g/mol. The molecule has 4 nitrogen and oxygen atoms in total. The SMILES string of the molecule is Cc1ccc(NSOCC2CCC(=O)N2)cc1-c1ccccc1. The number of carbonyl (C=O) groups excluding carboxylic acids is 1. The molecule has 1 fully saturated rings. The number of rotatable bonds is 6. The Labute approximate surface area is 141 Å². The number of anilines is 1. The molecule has 0 aromatic heterocycles. The second kappa shape index (κ2) is 7.53. The van der Waals surface area contributed by atoms with Crippen LogP contribution >= 0.6 is 12.2 Å². The normalized spacial score (nSPS) is 17.1. The van der Waals surface area contributed by atoms with Gasteiger partial charge < -0.3 is 10.0 Å². The topological polar surface area (TPSA) is 50.4 Å². The predicted octanol–water partition coefficient (Wildman–Crippen LogP) is 3.93. The van der Waals surface area contributed by atoms with Crippen molar-refractivity contribution in [2.45, 2.75) is 25.8 Å². The standard InChI is InChI=1S/C18H20N2O2S/c1-13-7-8-15(11-17(13)14-5-3-2-4-6-14)20-23-22-12-16-9-10-18(21)19-16/h2-8,11,16,20H,9-10,12H2,1H3,(H,19,21).